The Morgan fingerprint density at radius 3 is 2.86 bits per heavy atom. The first kappa shape index (κ1) is 15.1. The fraction of sp³-hybridized carbons (Fsp3) is 0.400. The van der Waals surface area contributed by atoms with E-state index in [1.807, 2.05) is 0 Å². The molecule has 0 atom stereocenters. The van der Waals surface area contributed by atoms with Crippen LogP contribution in [0.15, 0.2) is 11.8 Å². The molecule has 1 N–H and O–H groups in total. The first-order chi connectivity index (χ1) is 10.2. The number of hydrogen-bond donors (Lipinski definition) is 1. The molecule has 0 spiro atoms. The lowest BCUT2D eigenvalue weighted by molar-refractivity contribution is -0.138. The van der Waals surface area contributed by atoms with Gasteiger partial charge in [0, 0.05) is 11.1 Å². The van der Waals surface area contributed by atoms with Gasteiger partial charge in [-0.15, -0.1) is 11.3 Å². The SMILES string of the molecule is CCOC(=O)/C(C#N)=C/Nc1sc2c(c1C#N)CCCC2. The van der Waals surface area contributed by atoms with E-state index in [0.717, 1.165) is 31.2 Å². The van der Waals surface area contributed by atoms with Crippen LogP contribution in [0.5, 0.6) is 0 Å². The third-order valence-corrected chi connectivity index (χ3v) is 4.47. The number of thiophene rings is 1. The second-order valence-corrected chi connectivity index (χ2v) is 5.67. The van der Waals surface area contributed by atoms with Gasteiger partial charge in [0.05, 0.1) is 12.2 Å². The van der Waals surface area contributed by atoms with Gasteiger partial charge in [0.2, 0.25) is 0 Å². The summed E-state index contributed by atoms with van der Waals surface area (Å²) >= 11 is 1.52. The smallest absolute Gasteiger partial charge is 0.350 e. The molecule has 0 aromatic carbocycles. The second kappa shape index (κ2) is 6.92. The average Bonchev–Trinajstić information content (AvgIpc) is 2.85. The van der Waals surface area contributed by atoms with Crippen LogP contribution in [0, 0.1) is 22.7 Å². The Morgan fingerprint density at radius 1 is 1.43 bits per heavy atom. The molecule has 1 aromatic rings. The molecule has 1 aliphatic rings. The van der Waals surface area contributed by atoms with Crippen molar-refractivity contribution >= 4 is 22.3 Å². The van der Waals surface area contributed by atoms with Crippen molar-refractivity contribution in [1.29, 1.82) is 10.5 Å². The van der Waals surface area contributed by atoms with E-state index in [0.29, 0.717) is 10.6 Å². The molecular weight excluding hydrogens is 286 g/mol. The standard InChI is InChI=1S/C15H15N3O2S/c1-2-20-15(19)10(7-16)9-18-14-12(8-17)11-5-3-4-6-13(11)21-14/h9,18H,2-6H2,1H3/b10-9+. The van der Waals surface area contributed by atoms with E-state index in [1.165, 1.54) is 22.4 Å². The molecule has 5 nitrogen and oxygen atoms in total. The van der Waals surface area contributed by atoms with Crippen LogP contribution in [0.1, 0.15) is 35.8 Å². The predicted molar refractivity (Wildman–Crippen MR) is 79.6 cm³/mol. The number of esters is 1. The summed E-state index contributed by atoms with van der Waals surface area (Å²) in [6, 6.07) is 4.02. The molecular formula is C15H15N3O2S. The number of nitriles is 2. The predicted octanol–water partition coefficient (Wildman–Crippen LogP) is 2.88. The topological polar surface area (TPSA) is 85.9 Å². The van der Waals surface area contributed by atoms with Crippen molar-refractivity contribution in [3.8, 4) is 12.1 Å². The molecule has 0 saturated heterocycles. The fourth-order valence-corrected chi connectivity index (χ4v) is 3.48. The Morgan fingerprint density at radius 2 is 2.19 bits per heavy atom. The zero-order valence-corrected chi connectivity index (χ0v) is 12.5. The van der Waals surface area contributed by atoms with Gasteiger partial charge in [0.15, 0.2) is 5.57 Å². The third-order valence-electron chi connectivity index (χ3n) is 3.25. The minimum absolute atomic E-state index is 0.105. The summed E-state index contributed by atoms with van der Waals surface area (Å²) in [5.41, 5.74) is 1.64. The van der Waals surface area contributed by atoms with Crippen LogP contribution in [0.4, 0.5) is 5.00 Å². The Labute approximate surface area is 127 Å². The molecule has 2 rings (SSSR count). The van der Waals surface area contributed by atoms with Gasteiger partial charge >= 0.3 is 5.97 Å². The average molecular weight is 301 g/mol. The van der Waals surface area contributed by atoms with E-state index in [1.54, 1.807) is 13.0 Å². The molecule has 0 unspecified atom stereocenters. The first-order valence-corrected chi connectivity index (χ1v) is 7.61. The van der Waals surface area contributed by atoms with Crippen molar-refractivity contribution in [3.63, 3.8) is 0 Å². The largest absolute Gasteiger partial charge is 0.462 e. The normalized spacial score (nSPS) is 13.8. The van der Waals surface area contributed by atoms with E-state index in [-0.39, 0.29) is 12.2 Å². The van der Waals surface area contributed by atoms with Gasteiger partial charge in [0.25, 0.3) is 0 Å². The van der Waals surface area contributed by atoms with Crippen LogP contribution in [-0.4, -0.2) is 12.6 Å². The van der Waals surface area contributed by atoms with Crippen molar-refractivity contribution in [2.24, 2.45) is 0 Å². The summed E-state index contributed by atoms with van der Waals surface area (Å²) in [5.74, 6) is -0.660. The number of ether oxygens (including phenoxy) is 1. The molecule has 0 amide bonds. The summed E-state index contributed by atoms with van der Waals surface area (Å²) in [6.45, 7) is 1.90. The van der Waals surface area contributed by atoms with Gasteiger partial charge in [-0.05, 0) is 38.2 Å². The summed E-state index contributed by atoms with van der Waals surface area (Å²) in [4.78, 5) is 12.8. The van der Waals surface area contributed by atoms with Gasteiger partial charge in [-0.25, -0.2) is 4.79 Å². The van der Waals surface area contributed by atoms with Gasteiger partial charge in [-0.3, -0.25) is 0 Å². The highest BCUT2D eigenvalue weighted by atomic mass is 32.1. The molecule has 0 radical (unpaired) electrons. The summed E-state index contributed by atoms with van der Waals surface area (Å²) < 4.78 is 4.79. The highest BCUT2D eigenvalue weighted by molar-refractivity contribution is 7.16. The quantitative estimate of drug-likeness (QED) is 0.525. The number of carbonyl (C=O) groups is 1. The van der Waals surface area contributed by atoms with Crippen LogP contribution in [0.2, 0.25) is 0 Å². The van der Waals surface area contributed by atoms with Crippen molar-refractivity contribution in [3.05, 3.63) is 27.8 Å². The van der Waals surface area contributed by atoms with Crippen molar-refractivity contribution in [2.75, 3.05) is 11.9 Å². The molecule has 1 aliphatic carbocycles. The minimum Gasteiger partial charge on any atom is -0.462 e. The molecule has 0 aliphatic heterocycles. The highest BCUT2D eigenvalue weighted by Crippen LogP contribution is 2.37. The van der Waals surface area contributed by atoms with Gasteiger partial charge in [-0.1, -0.05) is 0 Å². The van der Waals surface area contributed by atoms with E-state index in [9.17, 15) is 10.1 Å². The lowest BCUT2D eigenvalue weighted by Gasteiger charge is -2.09. The number of rotatable bonds is 4. The molecule has 1 heterocycles. The number of hydrogen-bond acceptors (Lipinski definition) is 6. The lowest BCUT2D eigenvalue weighted by atomic mass is 9.96. The van der Waals surface area contributed by atoms with Crippen molar-refractivity contribution in [2.45, 2.75) is 32.6 Å². The number of nitrogens with zero attached hydrogens (tertiary/aromatic N) is 2. The number of aryl methyl sites for hydroxylation is 1. The van der Waals surface area contributed by atoms with Crippen LogP contribution < -0.4 is 5.32 Å². The molecule has 21 heavy (non-hydrogen) atoms. The zero-order chi connectivity index (χ0) is 15.2. The molecule has 1 aromatic heterocycles. The molecule has 0 saturated carbocycles. The molecule has 108 valence electrons. The lowest BCUT2D eigenvalue weighted by Crippen LogP contribution is -2.07. The second-order valence-electron chi connectivity index (χ2n) is 4.56. The van der Waals surface area contributed by atoms with E-state index in [2.05, 4.69) is 11.4 Å². The van der Waals surface area contributed by atoms with Gasteiger partial charge in [0.1, 0.15) is 17.1 Å². The summed E-state index contributed by atoms with van der Waals surface area (Å²) in [5, 5.41) is 21.9. The maximum atomic E-state index is 11.5. The minimum atomic E-state index is -0.660. The highest BCUT2D eigenvalue weighted by Gasteiger charge is 2.20. The maximum Gasteiger partial charge on any atom is 0.350 e. The Balaban J connectivity index is 2.24. The Hall–Kier alpha value is -2.31. The summed E-state index contributed by atoms with van der Waals surface area (Å²) in [7, 11) is 0. The first-order valence-electron chi connectivity index (χ1n) is 6.79. The van der Waals surface area contributed by atoms with Crippen LogP contribution >= 0.6 is 11.3 Å². The summed E-state index contributed by atoms with van der Waals surface area (Å²) in [6.07, 6.45) is 5.46. The van der Waals surface area contributed by atoms with Gasteiger partial charge in [-0.2, -0.15) is 10.5 Å². The molecule has 6 heteroatoms. The number of fused-ring (bicyclic) bond motifs is 1. The van der Waals surface area contributed by atoms with E-state index < -0.39 is 5.97 Å². The van der Waals surface area contributed by atoms with Crippen LogP contribution in [-0.2, 0) is 22.4 Å². The van der Waals surface area contributed by atoms with Crippen molar-refractivity contribution < 1.29 is 9.53 Å². The zero-order valence-electron chi connectivity index (χ0n) is 11.7. The number of anilines is 1. The fourth-order valence-electron chi connectivity index (χ4n) is 2.27. The van der Waals surface area contributed by atoms with E-state index >= 15 is 0 Å². The molecule has 0 bridgehead atoms. The molecule has 0 fully saturated rings. The maximum absolute atomic E-state index is 11.5. The Kier molecular flexibility index (Phi) is 4.97. The van der Waals surface area contributed by atoms with Gasteiger partial charge < -0.3 is 10.1 Å². The third kappa shape index (κ3) is 3.24. The van der Waals surface area contributed by atoms with Crippen LogP contribution in [0.3, 0.4) is 0 Å². The number of nitrogens with one attached hydrogen (secondary N) is 1. The Bertz CT molecular complexity index is 662. The van der Waals surface area contributed by atoms with E-state index in [4.69, 9.17) is 10.00 Å². The van der Waals surface area contributed by atoms with Crippen LogP contribution in [0.25, 0.3) is 0 Å². The number of carbonyl (C=O) groups excluding carboxylic acids is 1. The monoisotopic (exact) mass is 301 g/mol. The van der Waals surface area contributed by atoms with Crippen molar-refractivity contribution in [1.82, 2.24) is 0 Å².